The van der Waals surface area contributed by atoms with Gasteiger partial charge in [0.25, 0.3) is 11.8 Å². The number of methoxy groups -OCH3 is 1. The maximum absolute atomic E-state index is 12.5. The first kappa shape index (κ1) is 18.9. The van der Waals surface area contributed by atoms with Gasteiger partial charge in [-0.25, -0.2) is 4.79 Å². The van der Waals surface area contributed by atoms with Gasteiger partial charge in [-0.3, -0.25) is 14.5 Å². The van der Waals surface area contributed by atoms with Crippen LogP contribution in [-0.2, 0) is 19.1 Å². The molecule has 1 aromatic rings. The van der Waals surface area contributed by atoms with Crippen LogP contribution in [0.5, 0.6) is 0 Å². The fraction of sp³-hybridized carbons (Fsp3) is 0.294. The van der Waals surface area contributed by atoms with E-state index < -0.39 is 29.2 Å². The SMILES string of the molecule is COCC1=C(C(=O)O)N2C(=O)[C@@H](NC(=O)/C(=N/O)c3ccccc3)[C@H]2SC1. The molecule has 0 saturated carbocycles. The number of fused-ring (bicyclic) bond motifs is 1. The van der Waals surface area contributed by atoms with E-state index in [9.17, 15) is 24.7 Å². The summed E-state index contributed by atoms with van der Waals surface area (Å²) in [6, 6.07) is 7.41. The van der Waals surface area contributed by atoms with Crippen molar-refractivity contribution in [1.82, 2.24) is 10.2 Å². The van der Waals surface area contributed by atoms with Crippen LogP contribution in [0.25, 0.3) is 0 Å². The quantitative estimate of drug-likeness (QED) is 0.274. The van der Waals surface area contributed by atoms with Crippen molar-refractivity contribution in [3.05, 3.63) is 47.2 Å². The van der Waals surface area contributed by atoms with Crippen LogP contribution in [0.1, 0.15) is 5.56 Å². The van der Waals surface area contributed by atoms with E-state index in [-0.39, 0.29) is 18.0 Å². The standard InChI is InChI=1S/C17H17N3O6S/c1-26-7-10-8-27-16-12(15(22)20(16)13(10)17(23)24)18-14(21)11(19-25)9-5-3-2-4-6-9/h2-6,12,16,25H,7-8H2,1H3,(H,18,21)(H,23,24)/b19-11+/t12-,16-/m1/s1. The Hall–Kier alpha value is -2.85. The molecule has 142 valence electrons. The van der Waals surface area contributed by atoms with Crippen molar-refractivity contribution in [2.75, 3.05) is 19.5 Å². The van der Waals surface area contributed by atoms with Crippen molar-refractivity contribution in [2.45, 2.75) is 11.4 Å². The number of benzene rings is 1. The summed E-state index contributed by atoms with van der Waals surface area (Å²) in [4.78, 5) is 37.7. The van der Waals surface area contributed by atoms with Crippen molar-refractivity contribution in [1.29, 1.82) is 0 Å². The summed E-state index contributed by atoms with van der Waals surface area (Å²) in [5, 5.41) is 23.7. The van der Waals surface area contributed by atoms with E-state index in [1.807, 2.05) is 0 Å². The van der Waals surface area contributed by atoms with Gasteiger partial charge in [0.1, 0.15) is 17.1 Å². The summed E-state index contributed by atoms with van der Waals surface area (Å²) in [7, 11) is 1.45. The van der Waals surface area contributed by atoms with Crippen LogP contribution >= 0.6 is 11.8 Å². The Bertz CT molecular complexity index is 838. The first-order valence-corrected chi connectivity index (χ1v) is 9.01. The average molecular weight is 391 g/mol. The minimum atomic E-state index is -1.22. The molecule has 0 bridgehead atoms. The summed E-state index contributed by atoms with van der Waals surface area (Å²) >= 11 is 1.34. The number of carbonyl (C=O) groups is 3. The average Bonchev–Trinajstić information content (AvgIpc) is 2.67. The van der Waals surface area contributed by atoms with Crippen LogP contribution in [0.4, 0.5) is 0 Å². The normalized spacial score (nSPS) is 22.2. The molecule has 0 aliphatic carbocycles. The second-order valence-corrected chi connectivity index (χ2v) is 6.97. The number of nitrogens with zero attached hydrogens (tertiary/aromatic N) is 2. The molecule has 27 heavy (non-hydrogen) atoms. The van der Waals surface area contributed by atoms with Crippen molar-refractivity contribution >= 4 is 35.3 Å². The zero-order chi connectivity index (χ0) is 19.6. The zero-order valence-electron chi connectivity index (χ0n) is 14.3. The smallest absolute Gasteiger partial charge is 0.352 e. The predicted molar refractivity (Wildman–Crippen MR) is 96.3 cm³/mol. The third-order valence-corrected chi connectivity index (χ3v) is 5.56. The number of aliphatic carboxylic acids is 1. The Kier molecular flexibility index (Phi) is 5.47. The first-order valence-electron chi connectivity index (χ1n) is 7.96. The number of oxime groups is 1. The second kappa shape index (κ2) is 7.80. The number of thioether (sulfide) groups is 1. The highest BCUT2D eigenvalue weighted by Gasteiger charge is 2.54. The molecule has 1 aromatic carbocycles. The molecule has 9 nitrogen and oxygen atoms in total. The number of amides is 2. The van der Waals surface area contributed by atoms with Gasteiger partial charge in [-0.15, -0.1) is 11.8 Å². The maximum Gasteiger partial charge on any atom is 0.352 e. The van der Waals surface area contributed by atoms with Gasteiger partial charge in [0.05, 0.1) is 6.61 Å². The number of hydrogen-bond acceptors (Lipinski definition) is 7. The number of carbonyl (C=O) groups excluding carboxylic acids is 2. The van der Waals surface area contributed by atoms with Crippen molar-refractivity contribution in [3.8, 4) is 0 Å². The predicted octanol–water partition coefficient (Wildman–Crippen LogP) is 0.250. The van der Waals surface area contributed by atoms with Crippen LogP contribution in [0.15, 0.2) is 46.8 Å². The van der Waals surface area contributed by atoms with Gasteiger partial charge in [-0.1, -0.05) is 35.5 Å². The number of nitrogens with one attached hydrogen (secondary N) is 1. The molecule has 0 unspecified atom stereocenters. The topological polar surface area (TPSA) is 129 Å². The minimum absolute atomic E-state index is 0.102. The van der Waals surface area contributed by atoms with Gasteiger partial charge >= 0.3 is 5.97 Å². The lowest BCUT2D eigenvalue weighted by Crippen LogP contribution is -2.71. The molecular formula is C17H17N3O6S. The Balaban J connectivity index is 1.77. The highest BCUT2D eigenvalue weighted by molar-refractivity contribution is 8.00. The molecular weight excluding hydrogens is 374 g/mol. The lowest BCUT2D eigenvalue weighted by Gasteiger charge is -2.49. The maximum atomic E-state index is 12.5. The van der Waals surface area contributed by atoms with E-state index in [1.165, 1.54) is 18.9 Å². The van der Waals surface area contributed by atoms with E-state index in [0.29, 0.717) is 16.9 Å². The lowest BCUT2D eigenvalue weighted by molar-refractivity contribution is -0.150. The van der Waals surface area contributed by atoms with Crippen LogP contribution in [-0.4, -0.2) is 69.6 Å². The highest BCUT2D eigenvalue weighted by Crippen LogP contribution is 2.40. The number of ether oxygens (including phenoxy) is 1. The largest absolute Gasteiger partial charge is 0.477 e. The van der Waals surface area contributed by atoms with Crippen molar-refractivity contribution in [3.63, 3.8) is 0 Å². The molecule has 2 atom stereocenters. The molecule has 1 fully saturated rings. The van der Waals surface area contributed by atoms with Crippen LogP contribution in [0.3, 0.4) is 0 Å². The van der Waals surface area contributed by atoms with E-state index in [4.69, 9.17) is 4.74 Å². The molecule has 1 saturated heterocycles. The van der Waals surface area contributed by atoms with Gasteiger partial charge < -0.3 is 20.4 Å². The van der Waals surface area contributed by atoms with Crippen LogP contribution < -0.4 is 5.32 Å². The molecule has 0 radical (unpaired) electrons. The number of β-lactam (4-membered cyclic amide) rings is 1. The van der Waals surface area contributed by atoms with Gasteiger partial charge in [0.15, 0.2) is 5.71 Å². The van der Waals surface area contributed by atoms with Gasteiger partial charge in [0, 0.05) is 18.4 Å². The summed E-state index contributed by atoms with van der Waals surface area (Å²) in [5.41, 5.74) is 0.573. The summed E-state index contributed by atoms with van der Waals surface area (Å²) < 4.78 is 5.01. The molecule has 2 aliphatic rings. The number of rotatable bonds is 6. The number of carboxylic acids is 1. The lowest BCUT2D eigenvalue weighted by atomic mass is 10.0. The van der Waals surface area contributed by atoms with Gasteiger partial charge in [-0.2, -0.15) is 0 Å². The molecule has 3 rings (SSSR count). The molecule has 3 N–H and O–H groups in total. The Morgan fingerprint density at radius 3 is 2.67 bits per heavy atom. The minimum Gasteiger partial charge on any atom is -0.477 e. The van der Waals surface area contributed by atoms with Gasteiger partial charge in [0.2, 0.25) is 0 Å². The van der Waals surface area contributed by atoms with Crippen molar-refractivity contribution < 1.29 is 29.4 Å². The third-order valence-electron chi connectivity index (χ3n) is 4.22. The first-order chi connectivity index (χ1) is 13.0. The highest BCUT2D eigenvalue weighted by atomic mass is 32.2. The van der Waals surface area contributed by atoms with Crippen LogP contribution in [0, 0.1) is 0 Å². The Morgan fingerprint density at radius 1 is 1.37 bits per heavy atom. The Labute approximate surface area is 158 Å². The monoisotopic (exact) mass is 391 g/mol. The fourth-order valence-corrected chi connectivity index (χ4v) is 4.34. The Morgan fingerprint density at radius 2 is 2.07 bits per heavy atom. The molecule has 10 heteroatoms. The van der Waals surface area contributed by atoms with Crippen LogP contribution in [0.2, 0.25) is 0 Å². The summed E-state index contributed by atoms with van der Waals surface area (Å²) in [6.45, 7) is 0.109. The molecule has 0 aromatic heterocycles. The van der Waals surface area contributed by atoms with E-state index >= 15 is 0 Å². The fourth-order valence-electron chi connectivity index (χ4n) is 3.01. The third kappa shape index (κ3) is 3.40. The molecule has 2 heterocycles. The van der Waals surface area contributed by atoms with E-state index in [0.717, 1.165) is 4.90 Å². The molecule has 0 spiro atoms. The number of hydrogen-bond donors (Lipinski definition) is 3. The molecule has 2 aliphatic heterocycles. The van der Waals surface area contributed by atoms with E-state index in [1.54, 1.807) is 30.3 Å². The number of carboxylic acid groups (broad SMARTS) is 1. The zero-order valence-corrected chi connectivity index (χ0v) is 15.1. The summed E-state index contributed by atoms with van der Waals surface area (Å²) in [6.07, 6.45) is 0. The van der Waals surface area contributed by atoms with Gasteiger partial charge in [-0.05, 0) is 5.57 Å². The second-order valence-electron chi connectivity index (χ2n) is 5.87. The summed E-state index contributed by atoms with van der Waals surface area (Å²) in [5.74, 6) is -2.09. The van der Waals surface area contributed by atoms with E-state index in [2.05, 4.69) is 10.5 Å². The molecule has 2 amide bonds. The van der Waals surface area contributed by atoms with Crippen molar-refractivity contribution in [2.24, 2.45) is 5.16 Å².